The Morgan fingerprint density at radius 2 is 1.83 bits per heavy atom. The van der Waals surface area contributed by atoms with Crippen LogP contribution in [0, 0.1) is 0 Å². The molecule has 0 aromatic heterocycles. The standard InChI is InChI=1S/C9H19N3/c1-2-5-9(6-3-1)12-8-4-7-10-11-12/h9-11H,1-8H2. The summed E-state index contributed by atoms with van der Waals surface area (Å²) in [6.45, 7) is 2.33. The number of hydrogen-bond donors (Lipinski definition) is 2. The summed E-state index contributed by atoms with van der Waals surface area (Å²) in [5.41, 5.74) is 6.48. The molecule has 0 aromatic rings. The van der Waals surface area contributed by atoms with E-state index in [-0.39, 0.29) is 0 Å². The lowest BCUT2D eigenvalue weighted by Crippen LogP contribution is -2.57. The van der Waals surface area contributed by atoms with Crippen molar-refractivity contribution in [3.05, 3.63) is 0 Å². The molecule has 2 rings (SSSR count). The molecule has 2 N–H and O–H groups in total. The molecule has 0 radical (unpaired) electrons. The summed E-state index contributed by atoms with van der Waals surface area (Å²) in [5.74, 6) is 0. The van der Waals surface area contributed by atoms with E-state index in [9.17, 15) is 0 Å². The topological polar surface area (TPSA) is 27.3 Å². The van der Waals surface area contributed by atoms with Gasteiger partial charge in [0, 0.05) is 19.1 Å². The van der Waals surface area contributed by atoms with Crippen LogP contribution in [0.25, 0.3) is 0 Å². The van der Waals surface area contributed by atoms with Gasteiger partial charge < -0.3 is 0 Å². The van der Waals surface area contributed by atoms with Gasteiger partial charge in [0.2, 0.25) is 0 Å². The van der Waals surface area contributed by atoms with Crippen molar-refractivity contribution in [2.45, 2.75) is 44.6 Å². The maximum absolute atomic E-state index is 3.27. The van der Waals surface area contributed by atoms with Crippen LogP contribution in [-0.2, 0) is 0 Å². The van der Waals surface area contributed by atoms with Crippen molar-refractivity contribution in [3.63, 3.8) is 0 Å². The predicted molar refractivity (Wildman–Crippen MR) is 49.3 cm³/mol. The summed E-state index contributed by atoms with van der Waals surface area (Å²) in [5, 5.41) is 2.39. The first-order valence-corrected chi connectivity index (χ1v) is 5.22. The fourth-order valence-corrected chi connectivity index (χ4v) is 2.22. The first-order valence-electron chi connectivity index (χ1n) is 5.22. The highest BCUT2D eigenvalue weighted by Gasteiger charge is 2.21. The highest BCUT2D eigenvalue weighted by atomic mass is 15.7. The van der Waals surface area contributed by atoms with Crippen molar-refractivity contribution in [3.8, 4) is 0 Å². The Hall–Kier alpha value is -0.120. The predicted octanol–water partition coefficient (Wildman–Crippen LogP) is 1.03. The Morgan fingerprint density at radius 3 is 2.50 bits per heavy atom. The molecule has 2 aliphatic rings. The molecular formula is C9H19N3. The number of hydrazine groups is 2. The maximum atomic E-state index is 3.27. The molecule has 0 bridgehead atoms. The van der Waals surface area contributed by atoms with Crippen molar-refractivity contribution < 1.29 is 0 Å². The Bertz CT molecular complexity index is 110. The van der Waals surface area contributed by atoms with Gasteiger partial charge >= 0.3 is 0 Å². The number of hydrogen-bond acceptors (Lipinski definition) is 3. The van der Waals surface area contributed by atoms with E-state index in [0.29, 0.717) is 0 Å². The molecule has 3 nitrogen and oxygen atoms in total. The van der Waals surface area contributed by atoms with Crippen molar-refractivity contribution in [1.82, 2.24) is 16.0 Å². The van der Waals surface area contributed by atoms with E-state index < -0.39 is 0 Å². The second kappa shape index (κ2) is 4.21. The minimum atomic E-state index is 0.798. The monoisotopic (exact) mass is 169 g/mol. The molecule has 0 amide bonds. The minimum Gasteiger partial charge on any atom is -0.244 e. The van der Waals surface area contributed by atoms with E-state index in [2.05, 4.69) is 16.0 Å². The molecule has 3 heteroatoms. The lowest BCUT2D eigenvalue weighted by Gasteiger charge is -2.37. The van der Waals surface area contributed by atoms with Gasteiger partial charge in [0.15, 0.2) is 0 Å². The van der Waals surface area contributed by atoms with Gasteiger partial charge in [0.25, 0.3) is 0 Å². The van der Waals surface area contributed by atoms with Crippen LogP contribution < -0.4 is 11.0 Å². The third-order valence-corrected chi connectivity index (χ3v) is 2.94. The summed E-state index contributed by atoms with van der Waals surface area (Å²) in [7, 11) is 0. The van der Waals surface area contributed by atoms with Gasteiger partial charge in [0.05, 0.1) is 0 Å². The molecular weight excluding hydrogens is 150 g/mol. The van der Waals surface area contributed by atoms with Crippen LogP contribution in [0.3, 0.4) is 0 Å². The fraction of sp³-hybridized carbons (Fsp3) is 1.00. The van der Waals surface area contributed by atoms with Crippen LogP contribution >= 0.6 is 0 Å². The smallest absolute Gasteiger partial charge is 0.0256 e. The lowest BCUT2D eigenvalue weighted by atomic mass is 9.95. The average molecular weight is 169 g/mol. The van der Waals surface area contributed by atoms with Gasteiger partial charge in [-0.3, -0.25) is 0 Å². The number of rotatable bonds is 1. The van der Waals surface area contributed by atoms with E-state index in [1.165, 1.54) is 45.1 Å². The van der Waals surface area contributed by atoms with Crippen molar-refractivity contribution >= 4 is 0 Å². The van der Waals surface area contributed by atoms with Gasteiger partial charge in [-0.25, -0.2) is 10.4 Å². The summed E-state index contributed by atoms with van der Waals surface area (Å²) >= 11 is 0. The molecule has 0 spiro atoms. The molecule has 1 heterocycles. The minimum absolute atomic E-state index is 0.798. The van der Waals surface area contributed by atoms with Gasteiger partial charge in [-0.1, -0.05) is 19.3 Å². The molecule has 70 valence electrons. The number of nitrogens with one attached hydrogen (secondary N) is 2. The van der Waals surface area contributed by atoms with Crippen LogP contribution in [0.4, 0.5) is 0 Å². The van der Waals surface area contributed by atoms with E-state index in [1.54, 1.807) is 0 Å². The fourth-order valence-electron chi connectivity index (χ4n) is 2.22. The number of nitrogens with zero attached hydrogens (tertiary/aromatic N) is 1. The maximum Gasteiger partial charge on any atom is 0.0256 e. The second-order valence-electron chi connectivity index (χ2n) is 3.88. The molecule has 1 aliphatic heterocycles. The molecule has 0 unspecified atom stereocenters. The van der Waals surface area contributed by atoms with Gasteiger partial charge in [0.1, 0.15) is 0 Å². The Balaban J connectivity index is 1.80. The van der Waals surface area contributed by atoms with E-state index in [4.69, 9.17) is 0 Å². The summed E-state index contributed by atoms with van der Waals surface area (Å²) in [6.07, 6.45) is 8.33. The SMILES string of the molecule is C1CCC(N2CCCNN2)CC1. The second-order valence-corrected chi connectivity index (χ2v) is 3.88. The van der Waals surface area contributed by atoms with Gasteiger partial charge in [-0.15, -0.1) is 0 Å². The summed E-state index contributed by atoms with van der Waals surface area (Å²) in [4.78, 5) is 0. The molecule has 0 atom stereocenters. The summed E-state index contributed by atoms with van der Waals surface area (Å²) < 4.78 is 0. The quantitative estimate of drug-likeness (QED) is 0.614. The molecule has 1 saturated heterocycles. The largest absolute Gasteiger partial charge is 0.244 e. The van der Waals surface area contributed by atoms with Crippen LogP contribution in [0.5, 0.6) is 0 Å². The first kappa shape index (κ1) is 8.48. The molecule has 1 saturated carbocycles. The zero-order valence-corrected chi connectivity index (χ0v) is 7.68. The average Bonchev–Trinajstić information content (AvgIpc) is 2.21. The zero-order chi connectivity index (χ0) is 8.23. The van der Waals surface area contributed by atoms with Crippen LogP contribution in [-0.4, -0.2) is 24.1 Å². The lowest BCUT2D eigenvalue weighted by molar-refractivity contribution is 0.0473. The molecule has 0 aromatic carbocycles. The van der Waals surface area contributed by atoms with Crippen LogP contribution in [0.15, 0.2) is 0 Å². The van der Waals surface area contributed by atoms with Gasteiger partial charge in [-0.2, -0.15) is 5.53 Å². The molecule has 2 fully saturated rings. The van der Waals surface area contributed by atoms with Crippen LogP contribution in [0.1, 0.15) is 38.5 Å². The zero-order valence-electron chi connectivity index (χ0n) is 7.68. The van der Waals surface area contributed by atoms with Gasteiger partial charge in [-0.05, 0) is 19.3 Å². The van der Waals surface area contributed by atoms with Crippen LogP contribution in [0.2, 0.25) is 0 Å². The molecule has 1 aliphatic carbocycles. The van der Waals surface area contributed by atoms with E-state index in [1.807, 2.05) is 0 Å². The molecule has 12 heavy (non-hydrogen) atoms. The third kappa shape index (κ3) is 1.97. The normalized spacial score (nSPS) is 29.0. The van der Waals surface area contributed by atoms with E-state index in [0.717, 1.165) is 12.6 Å². The highest BCUT2D eigenvalue weighted by Crippen LogP contribution is 2.21. The van der Waals surface area contributed by atoms with Crippen molar-refractivity contribution in [2.24, 2.45) is 0 Å². The highest BCUT2D eigenvalue weighted by molar-refractivity contribution is 4.74. The Kier molecular flexibility index (Phi) is 2.98. The Morgan fingerprint density at radius 1 is 1.00 bits per heavy atom. The first-order chi connectivity index (χ1) is 5.97. The van der Waals surface area contributed by atoms with Crippen molar-refractivity contribution in [2.75, 3.05) is 13.1 Å². The third-order valence-electron chi connectivity index (χ3n) is 2.94. The summed E-state index contributed by atoms with van der Waals surface area (Å²) in [6, 6.07) is 0.798. The van der Waals surface area contributed by atoms with Crippen molar-refractivity contribution in [1.29, 1.82) is 0 Å². The Labute approximate surface area is 74.4 Å². The van der Waals surface area contributed by atoms with E-state index >= 15 is 0 Å².